The molecular formula is C21H32N2O3. The summed E-state index contributed by atoms with van der Waals surface area (Å²) >= 11 is 0. The summed E-state index contributed by atoms with van der Waals surface area (Å²) in [6, 6.07) is 9.35. The summed E-state index contributed by atoms with van der Waals surface area (Å²) in [6.07, 6.45) is 7.95. The summed E-state index contributed by atoms with van der Waals surface area (Å²) in [5.41, 5.74) is 1.17. The molecule has 0 bridgehead atoms. The molecule has 0 aliphatic carbocycles. The monoisotopic (exact) mass is 360 g/mol. The van der Waals surface area contributed by atoms with E-state index in [4.69, 9.17) is 4.84 Å². The van der Waals surface area contributed by atoms with Gasteiger partial charge in [0.2, 0.25) is 0 Å². The van der Waals surface area contributed by atoms with E-state index in [1.807, 2.05) is 30.3 Å². The standard InChI is InChI=1S/C21H32N2O3/c1-3-5-7-11-15-19(21(25)22-16-12-6-4-2)23-26-20(24)17-18-13-9-8-10-14-18/h8-10,13-14H,3-7,11-12,15-17H2,1-2H3,(H,22,25)/b23-19-. The van der Waals surface area contributed by atoms with Crippen LogP contribution in [0, 0.1) is 0 Å². The highest BCUT2D eigenvalue weighted by Gasteiger charge is 2.13. The molecule has 1 amide bonds. The van der Waals surface area contributed by atoms with E-state index in [0.29, 0.717) is 18.7 Å². The van der Waals surface area contributed by atoms with E-state index in [1.165, 1.54) is 0 Å². The van der Waals surface area contributed by atoms with Crippen molar-refractivity contribution < 1.29 is 14.4 Å². The van der Waals surface area contributed by atoms with Crippen molar-refractivity contribution in [3.63, 3.8) is 0 Å². The molecule has 0 unspecified atom stereocenters. The van der Waals surface area contributed by atoms with Gasteiger partial charge in [-0.15, -0.1) is 0 Å². The Morgan fingerprint density at radius 1 is 0.962 bits per heavy atom. The van der Waals surface area contributed by atoms with Crippen LogP contribution in [-0.2, 0) is 20.8 Å². The van der Waals surface area contributed by atoms with E-state index in [2.05, 4.69) is 24.3 Å². The van der Waals surface area contributed by atoms with E-state index in [9.17, 15) is 9.59 Å². The maximum absolute atomic E-state index is 12.3. The zero-order valence-electron chi connectivity index (χ0n) is 16.1. The molecule has 0 aliphatic rings. The fraction of sp³-hybridized carbons (Fsp3) is 0.571. The topological polar surface area (TPSA) is 67.8 Å². The molecule has 1 aromatic carbocycles. The average Bonchev–Trinajstić information content (AvgIpc) is 2.65. The Morgan fingerprint density at radius 2 is 1.65 bits per heavy atom. The van der Waals surface area contributed by atoms with Crippen LogP contribution in [0.25, 0.3) is 0 Å². The first-order chi connectivity index (χ1) is 12.7. The van der Waals surface area contributed by atoms with Crippen molar-refractivity contribution in [2.24, 2.45) is 5.16 Å². The summed E-state index contributed by atoms with van der Waals surface area (Å²) in [5.74, 6) is -0.689. The molecule has 0 saturated carbocycles. The molecule has 26 heavy (non-hydrogen) atoms. The first kappa shape index (κ1) is 21.9. The lowest BCUT2D eigenvalue weighted by atomic mass is 10.1. The van der Waals surface area contributed by atoms with Crippen molar-refractivity contribution in [1.29, 1.82) is 0 Å². The minimum Gasteiger partial charge on any atom is -0.351 e. The third-order valence-electron chi connectivity index (χ3n) is 4.04. The van der Waals surface area contributed by atoms with Crippen LogP contribution in [0.4, 0.5) is 0 Å². The Kier molecular flexibility index (Phi) is 11.8. The van der Waals surface area contributed by atoms with Crippen LogP contribution < -0.4 is 5.32 Å². The van der Waals surface area contributed by atoms with E-state index in [1.54, 1.807) is 0 Å². The van der Waals surface area contributed by atoms with Gasteiger partial charge in [-0.1, -0.05) is 81.4 Å². The van der Waals surface area contributed by atoms with Crippen molar-refractivity contribution in [2.45, 2.75) is 71.6 Å². The number of nitrogens with one attached hydrogen (secondary N) is 1. The highest BCUT2D eigenvalue weighted by Crippen LogP contribution is 2.06. The summed E-state index contributed by atoms with van der Waals surface area (Å²) in [4.78, 5) is 29.3. The molecule has 144 valence electrons. The Hall–Kier alpha value is -2.17. The van der Waals surface area contributed by atoms with Crippen LogP contribution in [0.15, 0.2) is 35.5 Å². The van der Waals surface area contributed by atoms with Gasteiger partial charge in [0.1, 0.15) is 5.71 Å². The Bertz CT molecular complexity index is 556. The molecule has 0 aliphatic heterocycles. The number of amides is 1. The Labute approximate surface area is 157 Å². The smallest absolute Gasteiger partial charge is 0.339 e. The molecule has 1 rings (SSSR count). The molecule has 0 fully saturated rings. The number of benzene rings is 1. The van der Waals surface area contributed by atoms with Gasteiger partial charge < -0.3 is 10.2 Å². The van der Waals surface area contributed by atoms with Gasteiger partial charge in [0.15, 0.2) is 0 Å². The predicted molar refractivity (Wildman–Crippen MR) is 105 cm³/mol. The number of hydrogen-bond acceptors (Lipinski definition) is 4. The van der Waals surface area contributed by atoms with E-state index < -0.39 is 5.97 Å². The van der Waals surface area contributed by atoms with E-state index in [-0.39, 0.29) is 12.3 Å². The third-order valence-corrected chi connectivity index (χ3v) is 4.04. The number of nitrogens with zero attached hydrogens (tertiary/aromatic N) is 1. The number of oxime groups is 1. The molecule has 0 saturated heterocycles. The molecular weight excluding hydrogens is 328 g/mol. The largest absolute Gasteiger partial charge is 0.351 e. The number of rotatable bonds is 13. The second kappa shape index (κ2) is 14.0. The average molecular weight is 360 g/mol. The highest BCUT2D eigenvalue weighted by molar-refractivity contribution is 6.38. The Balaban J connectivity index is 2.55. The highest BCUT2D eigenvalue weighted by atomic mass is 16.7. The third kappa shape index (κ3) is 9.97. The normalized spacial score (nSPS) is 11.2. The fourth-order valence-corrected chi connectivity index (χ4v) is 2.50. The van der Waals surface area contributed by atoms with E-state index >= 15 is 0 Å². The first-order valence-corrected chi connectivity index (χ1v) is 9.76. The van der Waals surface area contributed by atoms with Gasteiger partial charge in [-0.2, -0.15) is 0 Å². The summed E-state index contributed by atoms with van der Waals surface area (Å²) < 4.78 is 0. The maximum Gasteiger partial charge on any atom is 0.339 e. The van der Waals surface area contributed by atoms with Crippen LogP contribution in [0.2, 0.25) is 0 Å². The van der Waals surface area contributed by atoms with Crippen LogP contribution >= 0.6 is 0 Å². The SMILES string of the molecule is CCCCCC/C(=N/OC(=O)Cc1ccccc1)C(=O)NCCCCC. The molecule has 5 nitrogen and oxygen atoms in total. The minimum absolute atomic E-state index is 0.144. The van der Waals surface area contributed by atoms with Gasteiger partial charge in [-0.3, -0.25) is 4.79 Å². The number of carbonyl (C=O) groups is 2. The van der Waals surface area contributed by atoms with Crippen LogP contribution in [0.3, 0.4) is 0 Å². The lowest BCUT2D eigenvalue weighted by Gasteiger charge is -2.08. The molecule has 1 N–H and O–H groups in total. The van der Waals surface area contributed by atoms with Crippen LogP contribution in [0.5, 0.6) is 0 Å². The number of carbonyl (C=O) groups excluding carboxylic acids is 2. The van der Waals surface area contributed by atoms with Crippen molar-refractivity contribution in [3.8, 4) is 0 Å². The molecule has 1 aromatic rings. The summed E-state index contributed by atoms with van der Waals surface area (Å²) in [5, 5.41) is 6.74. The van der Waals surface area contributed by atoms with Crippen molar-refractivity contribution in [1.82, 2.24) is 5.32 Å². The number of unbranched alkanes of at least 4 members (excludes halogenated alkanes) is 5. The second-order valence-corrected chi connectivity index (χ2v) is 6.44. The lowest BCUT2D eigenvalue weighted by Crippen LogP contribution is -2.32. The fourth-order valence-electron chi connectivity index (χ4n) is 2.50. The zero-order chi connectivity index (χ0) is 19.0. The molecule has 0 heterocycles. The van der Waals surface area contributed by atoms with Gasteiger partial charge in [0.05, 0.1) is 6.42 Å². The Morgan fingerprint density at radius 3 is 2.35 bits per heavy atom. The first-order valence-electron chi connectivity index (χ1n) is 9.76. The van der Waals surface area contributed by atoms with Gasteiger partial charge in [-0.25, -0.2) is 4.79 Å². The molecule has 0 aromatic heterocycles. The van der Waals surface area contributed by atoms with Gasteiger partial charge in [0.25, 0.3) is 5.91 Å². The zero-order valence-corrected chi connectivity index (χ0v) is 16.1. The number of hydrogen-bond donors (Lipinski definition) is 1. The lowest BCUT2D eigenvalue weighted by molar-refractivity contribution is -0.142. The van der Waals surface area contributed by atoms with Crippen molar-refractivity contribution >= 4 is 17.6 Å². The van der Waals surface area contributed by atoms with Crippen LogP contribution in [-0.4, -0.2) is 24.1 Å². The predicted octanol–water partition coefficient (Wildman–Crippen LogP) is 4.41. The molecule has 0 spiro atoms. The molecule has 0 atom stereocenters. The second-order valence-electron chi connectivity index (χ2n) is 6.44. The van der Waals surface area contributed by atoms with Gasteiger partial charge in [0, 0.05) is 6.54 Å². The summed E-state index contributed by atoms with van der Waals surface area (Å²) in [7, 11) is 0. The molecule has 5 heteroatoms. The van der Waals surface area contributed by atoms with Gasteiger partial charge >= 0.3 is 5.97 Å². The quantitative estimate of drug-likeness (QED) is 0.245. The molecule has 0 radical (unpaired) electrons. The van der Waals surface area contributed by atoms with Crippen molar-refractivity contribution in [3.05, 3.63) is 35.9 Å². The summed E-state index contributed by atoms with van der Waals surface area (Å²) in [6.45, 7) is 4.88. The maximum atomic E-state index is 12.3. The van der Waals surface area contributed by atoms with Crippen LogP contribution in [0.1, 0.15) is 70.8 Å². The van der Waals surface area contributed by atoms with E-state index in [0.717, 1.165) is 50.5 Å². The minimum atomic E-state index is -0.457. The van der Waals surface area contributed by atoms with Crippen molar-refractivity contribution in [2.75, 3.05) is 6.54 Å². The van der Waals surface area contributed by atoms with Gasteiger partial charge in [-0.05, 0) is 24.8 Å².